The number of ketones is 1. The molecule has 1 aliphatic rings. The van der Waals surface area contributed by atoms with Crippen LogP contribution < -0.4 is 14.4 Å². The number of aromatic nitrogens is 1. The number of benzene rings is 2. The fraction of sp³-hybridized carbons (Fsp3) is 0.310. The number of carbonyl (C=O) groups excluding carboxylic acids is 3. The highest BCUT2D eigenvalue weighted by Gasteiger charge is 2.48. The van der Waals surface area contributed by atoms with E-state index >= 15 is 0 Å². The van der Waals surface area contributed by atoms with Crippen LogP contribution in [-0.2, 0) is 14.3 Å². The van der Waals surface area contributed by atoms with Gasteiger partial charge in [-0.25, -0.2) is 9.78 Å². The first-order valence-corrected chi connectivity index (χ1v) is 13.4. The van der Waals surface area contributed by atoms with Crippen LogP contribution in [0.25, 0.3) is 5.76 Å². The summed E-state index contributed by atoms with van der Waals surface area (Å²) in [7, 11) is 2.75. The van der Waals surface area contributed by atoms with E-state index in [9.17, 15) is 19.5 Å². The third-order valence-electron chi connectivity index (χ3n) is 6.36. The number of ether oxygens (including phenoxy) is 3. The second kappa shape index (κ2) is 12.1. The van der Waals surface area contributed by atoms with Gasteiger partial charge in [-0.1, -0.05) is 55.4 Å². The molecule has 0 saturated carbocycles. The fourth-order valence-corrected chi connectivity index (χ4v) is 5.34. The van der Waals surface area contributed by atoms with E-state index in [1.165, 1.54) is 19.1 Å². The van der Waals surface area contributed by atoms with Crippen LogP contribution >= 0.6 is 11.3 Å². The molecule has 1 aliphatic heterocycles. The predicted molar refractivity (Wildman–Crippen MR) is 147 cm³/mol. The number of aryl methyl sites for hydroxylation is 1. The highest BCUT2D eigenvalue weighted by molar-refractivity contribution is 7.17. The van der Waals surface area contributed by atoms with Gasteiger partial charge < -0.3 is 19.3 Å². The van der Waals surface area contributed by atoms with Gasteiger partial charge in [0.1, 0.15) is 22.1 Å². The minimum Gasteiger partial charge on any atom is -0.507 e. The van der Waals surface area contributed by atoms with Crippen LogP contribution in [0.3, 0.4) is 0 Å². The zero-order valence-electron chi connectivity index (χ0n) is 22.2. The van der Waals surface area contributed by atoms with E-state index in [0.717, 1.165) is 30.6 Å². The molecule has 0 radical (unpaired) electrons. The molecule has 204 valence electrons. The number of hydrogen-bond acceptors (Lipinski definition) is 9. The maximum atomic E-state index is 13.4. The number of hydrogen-bond donors (Lipinski definition) is 1. The van der Waals surface area contributed by atoms with Gasteiger partial charge in [-0.3, -0.25) is 14.5 Å². The Labute approximate surface area is 230 Å². The fourth-order valence-electron chi connectivity index (χ4n) is 4.33. The van der Waals surface area contributed by atoms with E-state index in [1.54, 1.807) is 55.5 Å². The molecule has 9 nitrogen and oxygen atoms in total. The zero-order chi connectivity index (χ0) is 28.1. The van der Waals surface area contributed by atoms with Gasteiger partial charge in [0.2, 0.25) is 0 Å². The number of methoxy groups -OCH3 is 2. The van der Waals surface area contributed by atoms with Gasteiger partial charge in [0.05, 0.1) is 38.1 Å². The summed E-state index contributed by atoms with van der Waals surface area (Å²) < 4.78 is 15.9. The molecule has 1 aromatic heterocycles. The lowest BCUT2D eigenvalue weighted by Gasteiger charge is -2.23. The maximum Gasteiger partial charge on any atom is 0.350 e. The van der Waals surface area contributed by atoms with Crippen LogP contribution in [0.5, 0.6) is 11.5 Å². The van der Waals surface area contributed by atoms with E-state index in [2.05, 4.69) is 11.9 Å². The lowest BCUT2D eigenvalue weighted by atomic mass is 9.95. The molecule has 1 atom stereocenters. The van der Waals surface area contributed by atoms with E-state index in [-0.39, 0.29) is 21.3 Å². The predicted octanol–water partition coefficient (Wildman–Crippen LogP) is 5.44. The third-order valence-corrected chi connectivity index (χ3v) is 7.50. The summed E-state index contributed by atoms with van der Waals surface area (Å²) in [5, 5.41) is 11.5. The lowest BCUT2D eigenvalue weighted by molar-refractivity contribution is -0.132. The van der Waals surface area contributed by atoms with Crippen molar-refractivity contribution in [3.8, 4) is 11.5 Å². The van der Waals surface area contributed by atoms with Crippen LogP contribution in [0.2, 0.25) is 0 Å². The molecule has 2 heterocycles. The molecular weight excluding hydrogens is 520 g/mol. The van der Waals surface area contributed by atoms with Crippen molar-refractivity contribution in [3.05, 3.63) is 75.8 Å². The Hall–Kier alpha value is -4.18. The Kier molecular flexibility index (Phi) is 8.65. The molecular formula is C29H30N2O7S. The molecule has 1 unspecified atom stereocenters. The first-order valence-electron chi connectivity index (χ1n) is 12.5. The van der Waals surface area contributed by atoms with E-state index in [0.29, 0.717) is 34.9 Å². The molecule has 0 bridgehead atoms. The van der Waals surface area contributed by atoms with Crippen LogP contribution in [-0.4, -0.2) is 48.6 Å². The van der Waals surface area contributed by atoms with Gasteiger partial charge in [-0.05, 0) is 43.2 Å². The zero-order valence-corrected chi connectivity index (χ0v) is 23.0. The standard InChI is InChI=1S/C29H30N2O7S/c1-5-6-7-15-38-20-13-11-18(12-14-20)23-22(24(32)19-9-8-10-21(16-19)36-3)25(33)27(34)31(23)29-30-17(2)26(39-29)28(35)37-4/h8-14,16,23,32H,5-7,15H2,1-4H3/b24-22+. The number of Topliss-reactive ketones (excluding diaryl/α,β-unsaturated/α-hetero) is 1. The van der Waals surface area contributed by atoms with Crippen LogP contribution in [0.15, 0.2) is 54.1 Å². The molecule has 1 N–H and O–H groups in total. The number of aliphatic hydroxyl groups excluding tert-OH is 1. The average molecular weight is 551 g/mol. The van der Waals surface area contributed by atoms with Gasteiger partial charge in [0.15, 0.2) is 5.13 Å². The smallest absolute Gasteiger partial charge is 0.350 e. The molecule has 3 aromatic rings. The number of carbonyl (C=O) groups is 3. The topological polar surface area (TPSA) is 115 Å². The summed E-state index contributed by atoms with van der Waals surface area (Å²) in [4.78, 5) is 44.9. The number of nitrogens with zero attached hydrogens (tertiary/aromatic N) is 2. The van der Waals surface area contributed by atoms with E-state index < -0.39 is 23.7 Å². The van der Waals surface area contributed by atoms with Crippen molar-refractivity contribution in [1.82, 2.24) is 4.98 Å². The molecule has 0 aliphatic carbocycles. The van der Waals surface area contributed by atoms with Crippen molar-refractivity contribution in [2.45, 2.75) is 39.2 Å². The SMILES string of the molecule is CCCCCOc1ccc(C2/C(=C(\O)c3cccc(OC)c3)C(=O)C(=O)N2c2nc(C)c(C(=O)OC)s2)cc1. The number of aliphatic hydroxyl groups is 1. The number of unbranched alkanes of at least 4 members (excludes halogenated alkanes) is 2. The number of anilines is 1. The van der Waals surface area contributed by atoms with Crippen molar-refractivity contribution in [2.75, 3.05) is 25.7 Å². The minimum absolute atomic E-state index is 0.0997. The Morgan fingerprint density at radius 1 is 1.08 bits per heavy atom. The molecule has 39 heavy (non-hydrogen) atoms. The first kappa shape index (κ1) is 27.8. The maximum absolute atomic E-state index is 13.4. The molecule has 1 amide bonds. The molecule has 2 aromatic carbocycles. The van der Waals surface area contributed by atoms with E-state index in [1.807, 2.05) is 0 Å². The second-order valence-electron chi connectivity index (χ2n) is 8.93. The largest absolute Gasteiger partial charge is 0.507 e. The van der Waals surface area contributed by atoms with Crippen molar-refractivity contribution in [1.29, 1.82) is 0 Å². The highest BCUT2D eigenvalue weighted by atomic mass is 32.1. The molecule has 10 heteroatoms. The Morgan fingerprint density at radius 3 is 2.49 bits per heavy atom. The second-order valence-corrected chi connectivity index (χ2v) is 9.91. The van der Waals surface area contributed by atoms with Gasteiger partial charge >= 0.3 is 11.9 Å². The Balaban J connectivity index is 1.82. The number of thiazole rings is 1. The monoisotopic (exact) mass is 550 g/mol. The molecule has 1 saturated heterocycles. The minimum atomic E-state index is -0.999. The third kappa shape index (κ3) is 5.65. The molecule has 0 spiro atoms. The molecule has 1 fully saturated rings. The number of amides is 1. The summed E-state index contributed by atoms with van der Waals surface area (Å²) in [6.45, 7) is 4.32. The van der Waals surface area contributed by atoms with E-state index in [4.69, 9.17) is 14.2 Å². The van der Waals surface area contributed by atoms with Crippen LogP contribution in [0.4, 0.5) is 5.13 Å². The van der Waals surface area contributed by atoms with Crippen LogP contribution in [0.1, 0.15) is 58.7 Å². The van der Waals surface area contributed by atoms with Gasteiger partial charge in [0, 0.05) is 5.56 Å². The van der Waals surface area contributed by atoms with Gasteiger partial charge in [-0.15, -0.1) is 0 Å². The van der Waals surface area contributed by atoms with Gasteiger partial charge in [0.25, 0.3) is 5.78 Å². The summed E-state index contributed by atoms with van der Waals surface area (Å²) in [6.07, 6.45) is 3.09. The normalized spacial score (nSPS) is 16.4. The number of esters is 1. The lowest BCUT2D eigenvalue weighted by Crippen LogP contribution is -2.29. The van der Waals surface area contributed by atoms with Crippen molar-refractivity contribution >= 4 is 39.9 Å². The average Bonchev–Trinajstić information content (AvgIpc) is 3.46. The first-order chi connectivity index (χ1) is 18.8. The summed E-state index contributed by atoms with van der Waals surface area (Å²) in [6, 6.07) is 12.6. The summed E-state index contributed by atoms with van der Waals surface area (Å²) in [5.41, 5.74) is 1.15. The van der Waals surface area contributed by atoms with Crippen molar-refractivity contribution in [2.24, 2.45) is 0 Å². The number of rotatable bonds is 10. The summed E-state index contributed by atoms with van der Waals surface area (Å²) in [5.74, 6) is -1.54. The van der Waals surface area contributed by atoms with Crippen molar-refractivity contribution < 1.29 is 33.7 Å². The van der Waals surface area contributed by atoms with Gasteiger partial charge in [-0.2, -0.15) is 0 Å². The molecule has 4 rings (SSSR count). The Bertz CT molecular complexity index is 1410. The quantitative estimate of drug-likeness (QED) is 0.117. The van der Waals surface area contributed by atoms with Crippen LogP contribution in [0, 0.1) is 6.92 Å². The highest BCUT2D eigenvalue weighted by Crippen LogP contribution is 2.44. The Morgan fingerprint density at radius 2 is 1.82 bits per heavy atom. The summed E-state index contributed by atoms with van der Waals surface area (Å²) >= 11 is 0.946. The van der Waals surface area contributed by atoms with Crippen molar-refractivity contribution in [3.63, 3.8) is 0 Å².